The highest BCUT2D eigenvalue weighted by Gasteiger charge is 2.63. The number of rotatable bonds is 5. The number of carbonyl (C=O) groups is 1. The first-order valence-corrected chi connectivity index (χ1v) is 9.88. The van der Waals surface area contributed by atoms with E-state index in [1.54, 1.807) is 11.2 Å². The van der Waals surface area contributed by atoms with Gasteiger partial charge in [-0.15, -0.1) is 0 Å². The van der Waals surface area contributed by atoms with Gasteiger partial charge in [-0.25, -0.2) is 4.98 Å². The lowest BCUT2D eigenvalue weighted by molar-refractivity contribution is -0.130. The van der Waals surface area contributed by atoms with Gasteiger partial charge in [0, 0.05) is 18.6 Å². The Kier molecular flexibility index (Phi) is 3.61. The Hall–Kier alpha value is -1.94. The number of amides is 1. The maximum absolute atomic E-state index is 12.7. The normalized spacial score (nSPS) is 40.3. The molecule has 4 saturated carbocycles. The largest absolute Gasteiger partial charge is 0.326 e. The molecule has 1 saturated heterocycles. The third-order valence-corrected chi connectivity index (χ3v) is 7.42. The van der Waals surface area contributed by atoms with E-state index in [1.165, 1.54) is 25.7 Å². The molecule has 2 heterocycles. The van der Waals surface area contributed by atoms with Crippen molar-refractivity contribution >= 4 is 5.91 Å². The van der Waals surface area contributed by atoms with Gasteiger partial charge in [0.2, 0.25) is 5.91 Å². The van der Waals surface area contributed by atoms with Crippen LogP contribution in [0.2, 0.25) is 0 Å². The van der Waals surface area contributed by atoms with Crippen molar-refractivity contribution in [2.75, 3.05) is 13.1 Å². The van der Waals surface area contributed by atoms with Crippen molar-refractivity contribution in [1.82, 2.24) is 25.0 Å². The average molecular weight is 354 g/mol. The summed E-state index contributed by atoms with van der Waals surface area (Å²) >= 11 is 0. The lowest BCUT2D eigenvalue weighted by Crippen LogP contribution is -2.52. The molecule has 1 aliphatic heterocycles. The van der Waals surface area contributed by atoms with Gasteiger partial charge in [0.1, 0.15) is 18.7 Å². The van der Waals surface area contributed by atoms with E-state index in [4.69, 9.17) is 0 Å². The summed E-state index contributed by atoms with van der Waals surface area (Å²) in [4.78, 5) is 18.5. The summed E-state index contributed by atoms with van der Waals surface area (Å²) in [6.07, 6.45) is 11.3. The van der Waals surface area contributed by atoms with Gasteiger partial charge in [0.05, 0.1) is 12.6 Å². The fourth-order valence-corrected chi connectivity index (χ4v) is 6.75. The van der Waals surface area contributed by atoms with Crippen LogP contribution in [-0.4, -0.2) is 50.2 Å². The molecular weight excluding hydrogens is 328 g/mol. The first-order valence-electron chi connectivity index (χ1n) is 9.88. The molecular formula is C19H26N6O. The number of hydrogen-bond acceptors (Lipinski definition) is 5. The monoisotopic (exact) mass is 354 g/mol. The molecule has 5 aliphatic rings. The fraction of sp³-hybridized carbons (Fsp3) is 0.789. The van der Waals surface area contributed by atoms with Crippen LogP contribution in [0.15, 0.2) is 12.7 Å². The molecule has 5 fully saturated rings. The van der Waals surface area contributed by atoms with E-state index in [1.807, 2.05) is 11.0 Å². The van der Waals surface area contributed by atoms with Gasteiger partial charge in [0.15, 0.2) is 0 Å². The Morgan fingerprint density at radius 2 is 2.31 bits per heavy atom. The topological polar surface area (TPSA) is 86.8 Å². The van der Waals surface area contributed by atoms with E-state index in [0.29, 0.717) is 17.9 Å². The zero-order valence-corrected chi connectivity index (χ0v) is 15.1. The second kappa shape index (κ2) is 5.78. The first kappa shape index (κ1) is 16.2. The van der Waals surface area contributed by atoms with Gasteiger partial charge in [-0.1, -0.05) is 0 Å². The molecule has 138 valence electrons. The third-order valence-electron chi connectivity index (χ3n) is 7.42. The molecule has 7 nitrogen and oxygen atoms in total. The minimum atomic E-state index is -0.225. The summed E-state index contributed by atoms with van der Waals surface area (Å²) in [5, 5.41) is 17.3. The Morgan fingerprint density at radius 3 is 3.12 bits per heavy atom. The quantitative estimate of drug-likeness (QED) is 0.862. The molecule has 1 aromatic heterocycles. The summed E-state index contributed by atoms with van der Waals surface area (Å²) in [5.41, 5.74) is 0.416. The summed E-state index contributed by atoms with van der Waals surface area (Å²) in [7, 11) is 0. The van der Waals surface area contributed by atoms with Crippen molar-refractivity contribution in [3.8, 4) is 6.07 Å². The van der Waals surface area contributed by atoms with Gasteiger partial charge in [-0.2, -0.15) is 10.4 Å². The van der Waals surface area contributed by atoms with Crippen LogP contribution in [0.3, 0.4) is 0 Å². The third kappa shape index (κ3) is 2.46. The standard InChI is InChI=1S/C19H26N6O/c20-8-16-2-1-3-25(16)17(26)9-22-19-6-14-4-15(19)7-18(5-14,10-19)11-24-13-21-12-23-24/h12-16,22H,1-7,9-11H2. The molecule has 1 amide bonds. The summed E-state index contributed by atoms with van der Waals surface area (Å²) in [6.45, 7) is 2.05. The molecule has 0 spiro atoms. The molecule has 7 heteroatoms. The average Bonchev–Trinajstić information content (AvgIpc) is 3.36. The number of nitriles is 1. The molecule has 0 aromatic carbocycles. The van der Waals surface area contributed by atoms with Crippen molar-refractivity contribution < 1.29 is 4.79 Å². The van der Waals surface area contributed by atoms with Crippen LogP contribution >= 0.6 is 0 Å². The highest BCUT2D eigenvalue weighted by Crippen LogP contribution is 2.66. The molecule has 5 atom stereocenters. The minimum Gasteiger partial charge on any atom is -0.326 e. The molecule has 5 unspecified atom stereocenters. The lowest BCUT2D eigenvalue weighted by atomic mass is 9.68. The predicted octanol–water partition coefficient (Wildman–Crippen LogP) is 1.33. The van der Waals surface area contributed by atoms with Crippen molar-refractivity contribution in [3.05, 3.63) is 12.7 Å². The van der Waals surface area contributed by atoms with E-state index >= 15 is 0 Å². The molecule has 4 bridgehead atoms. The van der Waals surface area contributed by atoms with Gasteiger partial charge >= 0.3 is 0 Å². The highest BCUT2D eigenvalue weighted by molar-refractivity contribution is 5.79. The smallest absolute Gasteiger partial charge is 0.237 e. The van der Waals surface area contributed by atoms with Gasteiger partial charge in [-0.05, 0) is 62.2 Å². The van der Waals surface area contributed by atoms with Crippen molar-refractivity contribution in [2.45, 2.75) is 63.1 Å². The number of aromatic nitrogens is 3. The van der Waals surface area contributed by atoms with Crippen LogP contribution in [0, 0.1) is 28.6 Å². The molecule has 1 N–H and O–H groups in total. The Bertz CT molecular complexity index is 742. The predicted molar refractivity (Wildman–Crippen MR) is 93.6 cm³/mol. The lowest BCUT2D eigenvalue weighted by Gasteiger charge is -2.41. The second-order valence-corrected chi connectivity index (χ2v) is 9.06. The maximum atomic E-state index is 12.7. The highest BCUT2D eigenvalue weighted by atomic mass is 16.2. The second-order valence-electron chi connectivity index (χ2n) is 9.06. The SMILES string of the molecule is N#CC1CCCN1C(=O)CNC12CC3CC1CC(Cn1cncn1)(C3)C2. The fourth-order valence-electron chi connectivity index (χ4n) is 6.75. The van der Waals surface area contributed by atoms with Crippen molar-refractivity contribution in [1.29, 1.82) is 5.26 Å². The first-order chi connectivity index (χ1) is 12.6. The Morgan fingerprint density at radius 1 is 1.38 bits per heavy atom. The van der Waals surface area contributed by atoms with Crippen molar-refractivity contribution in [3.63, 3.8) is 0 Å². The van der Waals surface area contributed by atoms with Crippen LogP contribution in [0.5, 0.6) is 0 Å². The van der Waals surface area contributed by atoms with Crippen molar-refractivity contribution in [2.24, 2.45) is 17.3 Å². The van der Waals surface area contributed by atoms with Gasteiger partial charge < -0.3 is 10.2 Å². The van der Waals surface area contributed by atoms with Gasteiger partial charge in [-0.3, -0.25) is 9.48 Å². The van der Waals surface area contributed by atoms with E-state index in [-0.39, 0.29) is 17.5 Å². The zero-order valence-electron chi connectivity index (χ0n) is 15.1. The zero-order chi connectivity index (χ0) is 17.8. The number of nitrogens with one attached hydrogen (secondary N) is 1. The van der Waals surface area contributed by atoms with E-state index < -0.39 is 0 Å². The number of likely N-dealkylation sites (tertiary alicyclic amines) is 1. The summed E-state index contributed by atoms with van der Waals surface area (Å²) < 4.78 is 1.98. The summed E-state index contributed by atoms with van der Waals surface area (Å²) in [6, 6.07) is 2.05. The number of nitrogens with zero attached hydrogens (tertiary/aromatic N) is 5. The van der Waals surface area contributed by atoms with E-state index in [2.05, 4.69) is 21.5 Å². The Labute approximate surface area is 153 Å². The van der Waals surface area contributed by atoms with Gasteiger partial charge in [0.25, 0.3) is 0 Å². The molecule has 6 rings (SSSR count). The molecule has 1 aromatic rings. The van der Waals surface area contributed by atoms with Crippen LogP contribution in [0.25, 0.3) is 0 Å². The number of hydrogen-bond donors (Lipinski definition) is 1. The number of carbonyl (C=O) groups excluding carboxylic acids is 1. The summed E-state index contributed by atoms with van der Waals surface area (Å²) in [5.74, 6) is 1.54. The maximum Gasteiger partial charge on any atom is 0.237 e. The molecule has 26 heavy (non-hydrogen) atoms. The Balaban J connectivity index is 1.28. The van der Waals surface area contributed by atoms with Crippen LogP contribution in [0.1, 0.15) is 44.9 Å². The van der Waals surface area contributed by atoms with Crippen LogP contribution in [0.4, 0.5) is 0 Å². The van der Waals surface area contributed by atoms with Crippen LogP contribution < -0.4 is 5.32 Å². The van der Waals surface area contributed by atoms with E-state index in [0.717, 1.165) is 38.3 Å². The minimum absolute atomic E-state index is 0.0972. The van der Waals surface area contributed by atoms with Crippen LogP contribution in [-0.2, 0) is 11.3 Å². The van der Waals surface area contributed by atoms with E-state index in [9.17, 15) is 10.1 Å². The molecule has 4 aliphatic carbocycles. The molecule has 0 radical (unpaired) electrons.